The summed E-state index contributed by atoms with van der Waals surface area (Å²) in [6.45, 7) is 7.16. The summed E-state index contributed by atoms with van der Waals surface area (Å²) in [7, 11) is 0. The first-order valence-corrected chi connectivity index (χ1v) is 7.23. The van der Waals surface area contributed by atoms with E-state index in [2.05, 4.69) is 0 Å². The minimum absolute atomic E-state index is 0.0929. The van der Waals surface area contributed by atoms with Gasteiger partial charge in [-0.3, -0.25) is 4.79 Å². The third-order valence-electron chi connectivity index (χ3n) is 4.00. The SMILES string of the molecule is C[C@@H]1CN(C(=O)[C@H](C)[C@@H](N)c2ccccc2)[C@@H](C)CO1. The van der Waals surface area contributed by atoms with Crippen LogP contribution in [0.1, 0.15) is 32.4 Å². The lowest BCUT2D eigenvalue weighted by Gasteiger charge is -2.39. The zero-order valence-corrected chi connectivity index (χ0v) is 12.5. The van der Waals surface area contributed by atoms with Crippen LogP contribution in [0.15, 0.2) is 30.3 Å². The summed E-state index contributed by atoms with van der Waals surface area (Å²) >= 11 is 0. The highest BCUT2D eigenvalue weighted by Gasteiger charge is 2.32. The second-order valence-electron chi connectivity index (χ2n) is 5.71. The van der Waals surface area contributed by atoms with E-state index in [1.54, 1.807) is 0 Å². The van der Waals surface area contributed by atoms with Crippen LogP contribution < -0.4 is 5.73 Å². The lowest BCUT2D eigenvalue weighted by atomic mass is 9.93. The second-order valence-corrected chi connectivity index (χ2v) is 5.71. The standard InChI is InChI=1S/C16H24N2O2/c1-11-10-20-12(2)9-18(11)16(19)13(3)15(17)14-7-5-4-6-8-14/h4-8,11-13,15H,9-10,17H2,1-3H3/t11-,12+,13+,15+/m0/s1. The molecule has 1 aromatic rings. The molecule has 0 aliphatic carbocycles. The molecule has 0 saturated carbocycles. The van der Waals surface area contributed by atoms with E-state index in [1.807, 2.05) is 56.0 Å². The Labute approximate surface area is 120 Å². The van der Waals surface area contributed by atoms with Crippen molar-refractivity contribution < 1.29 is 9.53 Å². The highest BCUT2D eigenvalue weighted by atomic mass is 16.5. The number of amides is 1. The average molecular weight is 276 g/mol. The van der Waals surface area contributed by atoms with Crippen LogP contribution in [0.3, 0.4) is 0 Å². The van der Waals surface area contributed by atoms with Crippen molar-refractivity contribution in [3.8, 4) is 0 Å². The number of hydrogen-bond donors (Lipinski definition) is 1. The molecule has 1 aliphatic rings. The van der Waals surface area contributed by atoms with Crippen molar-refractivity contribution in [2.75, 3.05) is 13.2 Å². The Kier molecular flexibility index (Phi) is 4.78. The summed E-state index contributed by atoms with van der Waals surface area (Å²) in [5.74, 6) is -0.117. The number of nitrogens with zero attached hydrogens (tertiary/aromatic N) is 1. The van der Waals surface area contributed by atoms with Crippen molar-refractivity contribution in [2.24, 2.45) is 11.7 Å². The molecule has 4 nitrogen and oxygen atoms in total. The smallest absolute Gasteiger partial charge is 0.227 e. The number of carbonyl (C=O) groups is 1. The molecule has 2 rings (SSSR count). The summed E-state index contributed by atoms with van der Waals surface area (Å²) in [6.07, 6.45) is 0.0929. The zero-order valence-electron chi connectivity index (χ0n) is 12.5. The predicted octanol–water partition coefficient (Wildman–Crippen LogP) is 1.96. The summed E-state index contributed by atoms with van der Waals surface area (Å²) in [5, 5.41) is 0. The third-order valence-corrected chi connectivity index (χ3v) is 4.00. The van der Waals surface area contributed by atoms with E-state index >= 15 is 0 Å². The van der Waals surface area contributed by atoms with Gasteiger partial charge in [-0.15, -0.1) is 0 Å². The third kappa shape index (κ3) is 3.19. The van der Waals surface area contributed by atoms with Gasteiger partial charge in [-0.2, -0.15) is 0 Å². The van der Waals surface area contributed by atoms with Crippen LogP contribution in [-0.2, 0) is 9.53 Å². The van der Waals surface area contributed by atoms with E-state index in [4.69, 9.17) is 10.5 Å². The van der Waals surface area contributed by atoms with E-state index in [9.17, 15) is 4.79 Å². The molecule has 0 bridgehead atoms. The maximum Gasteiger partial charge on any atom is 0.227 e. The van der Waals surface area contributed by atoms with Gasteiger partial charge in [0.1, 0.15) is 0 Å². The first-order chi connectivity index (χ1) is 9.50. The molecular formula is C16H24N2O2. The fourth-order valence-electron chi connectivity index (χ4n) is 2.59. The Morgan fingerprint density at radius 2 is 2.00 bits per heavy atom. The predicted molar refractivity (Wildman–Crippen MR) is 79.1 cm³/mol. The largest absolute Gasteiger partial charge is 0.375 e. The molecule has 0 unspecified atom stereocenters. The van der Waals surface area contributed by atoms with Crippen molar-refractivity contribution in [2.45, 2.75) is 39.0 Å². The summed E-state index contributed by atoms with van der Waals surface area (Å²) < 4.78 is 5.57. The summed E-state index contributed by atoms with van der Waals surface area (Å²) in [6, 6.07) is 9.64. The number of benzene rings is 1. The van der Waals surface area contributed by atoms with Crippen LogP contribution in [0.4, 0.5) is 0 Å². The number of nitrogens with two attached hydrogens (primary N) is 1. The molecule has 4 atom stereocenters. The van der Waals surface area contributed by atoms with E-state index in [-0.39, 0.29) is 30.0 Å². The van der Waals surface area contributed by atoms with Gasteiger partial charge in [0.05, 0.1) is 24.7 Å². The minimum atomic E-state index is -0.269. The van der Waals surface area contributed by atoms with Crippen molar-refractivity contribution in [3.05, 3.63) is 35.9 Å². The van der Waals surface area contributed by atoms with Gasteiger partial charge in [0.2, 0.25) is 5.91 Å². The average Bonchev–Trinajstić information content (AvgIpc) is 2.48. The van der Waals surface area contributed by atoms with Crippen LogP contribution >= 0.6 is 0 Å². The van der Waals surface area contributed by atoms with Crippen molar-refractivity contribution in [3.63, 3.8) is 0 Å². The van der Waals surface area contributed by atoms with E-state index in [0.717, 1.165) is 5.56 Å². The van der Waals surface area contributed by atoms with Crippen LogP contribution in [0.25, 0.3) is 0 Å². The fourth-order valence-corrected chi connectivity index (χ4v) is 2.59. The molecule has 1 saturated heterocycles. The fraction of sp³-hybridized carbons (Fsp3) is 0.562. The van der Waals surface area contributed by atoms with Crippen LogP contribution in [-0.4, -0.2) is 36.1 Å². The van der Waals surface area contributed by atoms with Gasteiger partial charge in [-0.1, -0.05) is 37.3 Å². The van der Waals surface area contributed by atoms with Gasteiger partial charge in [-0.25, -0.2) is 0 Å². The Balaban J connectivity index is 2.08. The Bertz CT molecular complexity index is 449. The van der Waals surface area contributed by atoms with Crippen molar-refractivity contribution in [1.82, 2.24) is 4.90 Å². The van der Waals surface area contributed by atoms with Gasteiger partial charge in [-0.05, 0) is 19.4 Å². The molecule has 4 heteroatoms. The van der Waals surface area contributed by atoms with Gasteiger partial charge >= 0.3 is 0 Å². The number of rotatable bonds is 3. The molecule has 0 radical (unpaired) electrons. The highest BCUT2D eigenvalue weighted by molar-refractivity contribution is 5.80. The van der Waals surface area contributed by atoms with Gasteiger partial charge < -0.3 is 15.4 Å². The van der Waals surface area contributed by atoms with Gasteiger partial charge in [0.15, 0.2) is 0 Å². The first kappa shape index (κ1) is 15.0. The second kappa shape index (κ2) is 6.37. The first-order valence-electron chi connectivity index (χ1n) is 7.23. The van der Waals surface area contributed by atoms with E-state index in [0.29, 0.717) is 13.2 Å². The molecule has 1 aliphatic heterocycles. The van der Waals surface area contributed by atoms with Gasteiger partial charge in [0, 0.05) is 12.6 Å². The van der Waals surface area contributed by atoms with E-state index < -0.39 is 0 Å². The van der Waals surface area contributed by atoms with Crippen molar-refractivity contribution >= 4 is 5.91 Å². The molecule has 1 heterocycles. The molecule has 1 amide bonds. The Morgan fingerprint density at radius 1 is 1.35 bits per heavy atom. The van der Waals surface area contributed by atoms with Crippen LogP contribution in [0, 0.1) is 5.92 Å². The van der Waals surface area contributed by atoms with Crippen LogP contribution in [0.2, 0.25) is 0 Å². The molecule has 0 aromatic heterocycles. The number of ether oxygens (including phenoxy) is 1. The molecule has 2 N–H and O–H groups in total. The quantitative estimate of drug-likeness (QED) is 0.918. The number of morpholine rings is 1. The highest BCUT2D eigenvalue weighted by Crippen LogP contribution is 2.23. The van der Waals surface area contributed by atoms with E-state index in [1.165, 1.54) is 0 Å². The molecule has 110 valence electrons. The Morgan fingerprint density at radius 3 is 2.65 bits per heavy atom. The lowest BCUT2D eigenvalue weighted by Crippen LogP contribution is -2.52. The maximum atomic E-state index is 12.7. The summed E-state index contributed by atoms with van der Waals surface area (Å²) in [4.78, 5) is 14.6. The summed E-state index contributed by atoms with van der Waals surface area (Å²) in [5.41, 5.74) is 7.25. The maximum absolute atomic E-state index is 12.7. The molecule has 20 heavy (non-hydrogen) atoms. The van der Waals surface area contributed by atoms with Gasteiger partial charge in [0.25, 0.3) is 0 Å². The molecule has 1 aromatic carbocycles. The Hall–Kier alpha value is -1.39. The minimum Gasteiger partial charge on any atom is -0.375 e. The number of carbonyl (C=O) groups excluding carboxylic acids is 1. The van der Waals surface area contributed by atoms with Crippen LogP contribution in [0.5, 0.6) is 0 Å². The normalized spacial score (nSPS) is 26.1. The molecular weight excluding hydrogens is 252 g/mol. The molecule has 1 fully saturated rings. The lowest BCUT2D eigenvalue weighted by molar-refractivity contribution is -0.147. The molecule has 0 spiro atoms. The number of hydrogen-bond acceptors (Lipinski definition) is 3. The van der Waals surface area contributed by atoms with Crippen molar-refractivity contribution in [1.29, 1.82) is 0 Å². The monoisotopic (exact) mass is 276 g/mol. The zero-order chi connectivity index (χ0) is 14.7. The topological polar surface area (TPSA) is 55.6 Å².